The Morgan fingerprint density at radius 1 is 1.10 bits per heavy atom. The van der Waals surface area contributed by atoms with Crippen molar-refractivity contribution in [1.82, 2.24) is 4.90 Å². The number of benzene rings is 2. The Labute approximate surface area is 174 Å². The van der Waals surface area contributed by atoms with E-state index < -0.39 is 4.92 Å². The molecule has 0 N–H and O–H groups in total. The number of ether oxygens (including phenoxy) is 3. The molecule has 2 aliphatic heterocycles. The number of piperidine rings is 1. The summed E-state index contributed by atoms with van der Waals surface area (Å²) in [5.41, 5.74) is 0.640. The molecule has 30 heavy (non-hydrogen) atoms. The fourth-order valence-electron chi connectivity index (χ4n) is 4.29. The molecule has 8 heteroatoms. The Kier molecular flexibility index (Phi) is 5.24. The monoisotopic (exact) mass is 412 g/mol. The van der Waals surface area contributed by atoms with Crippen molar-refractivity contribution >= 4 is 11.6 Å². The van der Waals surface area contributed by atoms with Gasteiger partial charge in [0.2, 0.25) is 0 Å². The molecule has 0 radical (unpaired) electrons. The number of methoxy groups -OCH3 is 2. The van der Waals surface area contributed by atoms with Crippen molar-refractivity contribution in [2.75, 3.05) is 27.3 Å². The lowest BCUT2D eigenvalue weighted by atomic mass is 9.83. The van der Waals surface area contributed by atoms with Crippen molar-refractivity contribution < 1.29 is 23.9 Å². The molecule has 8 nitrogen and oxygen atoms in total. The Morgan fingerprint density at radius 2 is 1.77 bits per heavy atom. The lowest BCUT2D eigenvalue weighted by molar-refractivity contribution is -0.385. The van der Waals surface area contributed by atoms with Crippen LogP contribution >= 0.6 is 0 Å². The molecule has 1 amide bonds. The predicted molar refractivity (Wildman–Crippen MR) is 109 cm³/mol. The van der Waals surface area contributed by atoms with E-state index in [1.54, 1.807) is 4.90 Å². The van der Waals surface area contributed by atoms with Crippen molar-refractivity contribution in [3.8, 4) is 17.2 Å². The van der Waals surface area contributed by atoms with Crippen LogP contribution in [0.1, 0.15) is 35.2 Å². The molecule has 1 saturated heterocycles. The Hall–Kier alpha value is -3.29. The number of aryl methyl sites for hydroxylation is 1. The number of rotatable bonds is 4. The summed E-state index contributed by atoms with van der Waals surface area (Å²) in [5, 5.41) is 11.6. The third-order valence-corrected chi connectivity index (χ3v) is 6.04. The summed E-state index contributed by atoms with van der Waals surface area (Å²) in [5.74, 6) is 1.03. The molecule has 2 aromatic carbocycles. The first-order chi connectivity index (χ1) is 14.5. The molecular weight excluding hydrogens is 388 g/mol. The Morgan fingerprint density at radius 3 is 2.43 bits per heavy atom. The van der Waals surface area contributed by atoms with E-state index in [1.165, 1.54) is 31.9 Å². The summed E-state index contributed by atoms with van der Waals surface area (Å²) in [7, 11) is 2.83. The lowest BCUT2D eigenvalue weighted by Gasteiger charge is -2.44. The number of nitro groups is 1. The van der Waals surface area contributed by atoms with Crippen LogP contribution < -0.4 is 14.2 Å². The Bertz CT molecular complexity index is 982. The van der Waals surface area contributed by atoms with E-state index in [1.807, 2.05) is 18.2 Å². The minimum atomic E-state index is -0.568. The van der Waals surface area contributed by atoms with Crippen LogP contribution in [0.2, 0.25) is 0 Å². The minimum Gasteiger partial charge on any atom is -0.493 e. The molecule has 4 rings (SSSR count). The summed E-state index contributed by atoms with van der Waals surface area (Å²) in [6.07, 6.45) is 3.23. The maximum Gasteiger partial charge on any atom is 0.286 e. The summed E-state index contributed by atoms with van der Waals surface area (Å²) in [6, 6.07) is 10.7. The highest BCUT2D eigenvalue weighted by Crippen LogP contribution is 2.40. The molecule has 2 heterocycles. The van der Waals surface area contributed by atoms with Gasteiger partial charge in [0.1, 0.15) is 16.9 Å². The zero-order valence-electron chi connectivity index (χ0n) is 17.1. The van der Waals surface area contributed by atoms with E-state index in [-0.39, 0.29) is 34.3 Å². The number of fused-ring (bicyclic) bond motifs is 1. The van der Waals surface area contributed by atoms with E-state index in [4.69, 9.17) is 14.2 Å². The number of likely N-dealkylation sites (tertiary alicyclic amines) is 1. The largest absolute Gasteiger partial charge is 0.493 e. The second-order valence-electron chi connectivity index (χ2n) is 7.67. The van der Waals surface area contributed by atoms with Gasteiger partial charge in [-0.05, 0) is 24.5 Å². The third kappa shape index (κ3) is 3.53. The van der Waals surface area contributed by atoms with Gasteiger partial charge in [-0.2, -0.15) is 0 Å². The number of carbonyl (C=O) groups is 1. The molecular formula is C22H24N2O6. The van der Waals surface area contributed by atoms with Gasteiger partial charge in [-0.1, -0.05) is 18.2 Å². The molecule has 0 aliphatic carbocycles. The Balaban J connectivity index is 1.53. The fourth-order valence-corrected chi connectivity index (χ4v) is 4.29. The van der Waals surface area contributed by atoms with Crippen LogP contribution in [0.4, 0.5) is 5.69 Å². The zero-order chi connectivity index (χ0) is 21.3. The summed E-state index contributed by atoms with van der Waals surface area (Å²) < 4.78 is 16.7. The maximum absolute atomic E-state index is 13.1. The third-order valence-electron chi connectivity index (χ3n) is 6.04. The van der Waals surface area contributed by atoms with Gasteiger partial charge in [0.05, 0.1) is 25.2 Å². The first-order valence-corrected chi connectivity index (χ1v) is 9.93. The van der Waals surface area contributed by atoms with E-state index in [0.717, 1.165) is 18.6 Å². The van der Waals surface area contributed by atoms with Crippen LogP contribution in [0.25, 0.3) is 0 Å². The van der Waals surface area contributed by atoms with Gasteiger partial charge in [0.15, 0.2) is 11.5 Å². The molecule has 2 aromatic rings. The normalized spacial score (nSPS) is 17.1. The van der Waals surface area contributed by atoms with Gasteiger partial charge in [-0.15, -0.1) is 0 Å². The smallest absolute Gasteiger partial charge is 0.286 e. The molecule has 158 valence electrons. The van der Waals surface area contributed by atoms with E-state index in [0.29, 0.717) is 25.9 Å². The van der Waals surface area contributed by atoms with Gasteiger partial charge in [0, 0.05) is 32.0 Å². The van der Waals surface area contributed by atoms with Crippen molar-refractivity contribution in [1.29, 1.82) is 0 Å². The highest BCUT2D eigenvalue weighted by atomic mass is 16.6. The van der Waals surface area contributed by atoms with Crippen LogP contribution in [-0.2, 0) is 6.42 Å². The first kappa shape index (κ1) is 20.0. The average molecular weight is 412 g/mol. The fraction of sp³-hybridized carbons (Fsp3) is 0.409. The van der Waals surface area contributed by atoms with Crippen molar-refractivity contribution in [3.05, 3.63) is 57.6 Å². The van der Waals surface area contributed by atoms with Gasteiger partial charge in [-0.3, -0.25) is 14.9 Å². The lowest BCUT2D eigenvalue weighted by Crippen LogP contribution is -2.51. The average Bonchev–Trinajstić information content (AvgIpc) is 2.78. The van der Waals surface area contributed by atoms with Crippen LogP contribution in [0.15, 0.2) is 36.4 Å². The van der Waals surface area contributed by atoms with Crippen molar-refractivity contribution in [3.63, 3.8) is 0 Å². The molecule has 1 spiro atoms. The standard InChI is InChI=1S/C22H24N2O6/c1-28-19-13-16(17(24(26)27)14-20(19)29-2)21(25)23-11-9-22(10-12-23)8-7-15-5-3-4-6-18(15)30-22/h3-6,13-14H,7-12H2,1-2H3. The number of amides is 1. The predicted octanol–water partition coefficient (Wildman–Crippen LogP) is 3.61. The summed E-state index contributed by atoms with van der Waals surface area (Å²) in [4.78, 5) is 25.8. The highest BCUT2D eigenvalue weighted by Gasteiger charge is 2.41. The van der Waals surface area contributed by atoms with Crippen LogP contribution in [-0.4, -0.2) is 48.6 Å². The van der Waals surface area contributed by atoms with Crippen LogP contribution in [0.5, 0.6) is 17.2 Å². The SMILES string of the molecule is COc1cc(C(=O)N2CCC3(CCc4ccccc4O3)CC2)c([N+](=O)[O-])cc1OC. The second kappa shape index (κ2) is 7.85. The highest BCUT2D eigenvalue weighted by molar-refractivity contribution is 5.99. The zero-order valence-corrected chi connectivity index (χ0v) is 17.1. The number of hydrogen-bond donors (Lipinski definition) is 0. The van der Waals surface area contributed by atoms with Gasteiger partial charge < -0.3 is 19.1 Å². The molecule has 0 bridgehead atoms. The van der Waals surface area contributed by atoms with Crippen molar-refractivity contribution in [2.24, 2.45) is 0 Å². The van der Waals surface area contributed by atoms with Crippen molar-refractivity contribution in [2.45, 2.75) is 31.3 Å². The number of nitrogens with zero attached hydrogens (tertiary/aromatic N) is 2. The maximum atomic E-state index is 13.1. The summed E-state index contributed by atoms with van der Waals surface area (Å²) >= 11 is 0. The number of hydrogen-bond acceptors (Lipinski definition) is 6. The van der Waals surface area contributed by atoms with E-state index >= 15 is 0 Å². The van der Waals surface area contributed by atoms with Crippen LogP contribution in [0, 0.1) is 10.1 Å². The van der Waals surface area contributed by atoms with Gasteiger partial charge >= 0.3 is 0 Å². The van der Waals surface area contributed by atoms with Gasteiger partial charge in [-0.25, -0.2) is 0 Å². The topological polar surface area (TPSA) is 91.1 Å². The molecule has 0 saturated carbocycles. The first-order valence-electron chi connectivity index (χ1n) is 9.93. The number of para-hydroxylation sites is 1. The number of nitro benzene ring substituents is 1. The van der Waals surface area contributed by atoms with E-state index in [9.17, 15) is 14.9 Å². The summed E-state index contributed by atoms with van der Waals surface area (Å²) in [6.45, 7) is 0.957. The minimum absolute atomic E-state index is 0.00325. The van der Waals surface area contributed by atoms with Gasteiger partial charge in [0.25, 0.3) is 11.6 Å². The van der Waals surface area contributed by atoms with Crippen LogP contribution in [0.3, 0.4) is 0 Å². The second-order valence-corrected chi connectivity index (χ2v) is 7.67. The molecule has 2 aliphatic rings. The number of carbonyl (C=O) groups excluding carboxylic acids is 1. The molecule has 0 unspecified atom stereocenters. The molecule has 1 fully saturated rings. The quantitative estimate of drug-likeness (QED) is 0.563. The molecule has 0 atom stereocenters. The molecule has 0 aromatic heterocycles. The van der Waals surface area contributed by atoms with E-state index in [2.05, 4.69) is 6.07 Å².